The number of fused-ring (bicyclic) bond motifs is 1. The van der Waals surface area contributed by atoms with E-state index in [1.54, 1.807) is 24.6 Å². The number of anilines is 1. The van der Waals surface area contributed by atoms with Crippen LogP contribution in [0.25, 0.3) is 32.9 Å². The van der Waals surface area contributed by atoms with Gasteiger partial charge in [-0.3, -0.25) is 4.98 Å². The first kappa shape index (κ1) is 17.6. The molecule has 6 heteroatoms. The van der Waals surface area contributed by atoms with Crippen LogP contribution in [0.1, 0.15) is 6.92 Å². The Bertz CT molecular complexity index is 1030. The average Bonchev–Trinajstić information content (AvgIpc) is 3.14. The average molecular weight is 376 g/mol. The minimum absolute atomic E-state index is 0.119. The van der Waals surface area contributed by atoms with Gasteiger partial charge >= 0.3 is 0 Å². The SMILES string of the molecule is COC[C@@H](C)Nc1nc(-c2ccccn2)nc2scc(-c3ccccc3)c12. The molecule has 136 valence electrons. The number of pyridine rings is 1. The van der Waals surface area contributed by atoms with Crippen LogP contribution in [0.15, 0.2) is 60.1 Å². The van der Waals surface area contributed by atoms with Gasteiger partial charge in [0.2, 0.25) is 0 Å². The number of nitrogens with one attached hydrogen (secondary N) is 1. The van der Waals surface area contributed by atoms with E-state index in [0.29, 0.717) is 12.4 Å². The van der Waals surface area contributed by atoms with Gasteiger partial charge in [0.1, 0.15) is 16.3 Å². The second-order valence-electron chi connectivity index (χ2n) is 6.31. The number of rotatable bonds is 6. The molecule has 1 N–H and O–H groups in total. The van der Waals surface area contributed by atoms with Gasteiger partial charge < -0.3 is 10.1 Å². The van der Waals surface area contributed by atoms with Crippen molar-refractivity contribution in [3.63, 3.8) is 0 Å². The maximum atomic E-state index is 5.28. The van der Waals surface area contributed by atoms with Crippen molar-refractivity contribution < 1.29 is 4.74 Å². The molecule has 0 spiro atoms. The Morgan fingerprint density at radius 2 is 1.89 bits per heavy atom. The summed E-state index contributed by atoms with van der Waals surface area (Å²) >= 11 is 1.62. The molecule has 1 aromatic carbocycles. The monoisotopic (exact) mass is 376 g/mol. The van der Waals surface area contributed by atoms with Crippen LogP contribution in [-0.2, 0) is 4.74 Å². The van der Waals surface area contributed by atoms with E-state index in [1.165, 1.54) is 0 Å². The summed E-state index contributed by atoms with van der Waals surface area (Å²) in [6, 6.07) is 16.2. The smallest absolute Gasteiger partial charge is 0.181 e. The lowest BCUT2D eigenvalue weighted by Crippen LogP contribution is -2.21. The number of ether oxygens (including phenoxy) is 1. The minimum atomic E-state index is 0.119. The van der Waals surface area contributed by atoms with Crippen LogP contribution in [0.3, 0.4) is 0 Å². The highest BCUT2D eigenvalue weighted by atomic mass is 32.1. The van der Waals surface area contributed by atoms with Gasteiger partial charge in [-0.1, -0.05) is 36.4 Å². The van der Waals surface area contributed by atoms with Crippen LogP contribution in [-0.4, -0.2) is 34.7 Å². The molecular weight excluding hydrogens is 356 g/mol. The quantitative estimate of drug-likeness (QED) is 0.520. The molecule has 4 rings (SSSR count). The van der Waals surface area contributed by atoms with Crippen LogP contribution in [0, 0.1) is 0 Å². The summed E-state index contributed by atoms with van der Waals surface area (Å²) in [5.41, 5.74) is 3.05. The van der Waals surface area contributed by atoms with Crippen LogP contribution >= 0.6 is 11.3 Å². The van der Waals surface area contributed by atoms with Gasteiger partial charge in [0, 0.05) is 30.3 Å². The molecule has 0 saturated carbocycles. The number of nitrogens with zero attached hydrogens (tertiary/aromatic N) is 3. The molecule has 5 nitrogen and oxygen atoms in total. The topological polar surface area (TPSA) is 59.9 Å². The molecule has 0 aliphatic carbocycles. The van der Waals surface area contributed by atoms with Gasteiger partial charge in [-0.05, 0) is 24.6 Å². The predicted molar refractivity (Wildman–Crippen MR) is 111 cm³/mol. The van der Waals surface area contributed by atoms with Gasteiger partial charge in [0.15, 0.2) is 5.82 Å². The Hall–Kier alpha value is -2.83. The standard InChI is InChI=1S/C21H20N4OS/c1-14(12-26-2)23-20-18-16(15-8-4-3-5-9-15)13-27-21(18)25-19(24-20)17-10-6-7-11-22-17/h3-11,13-14H,12H2,1-2H3,(H,23,24,25)/t14-/m1/s1. The third kappa shape index (κ3) is 3.67. The van der Waals surface area contributed by atoms with Crippen molar-refractivity contribution >= 4 is 27.4 Å². The molecule has 4 aromatic rings. The Labute approximate surface area is 162 Å². The van der Waals surface area contributed by atoms with Crippen molar-refractivity contribution in [2.24, 2.45) is 0 Å². The van der Waals surface area contributed by atoms with Gasteiger partial charge in [-0.25, -0.2) is 9.97 Å². The van der Waals surface area contributed by atoms with E-state index in [4.69, 9.17) is 14.7 Å². The second kappa shape index (κ2) is 7.82. The van der Waals surface area contributed by atoms with Crippen molar-refractivity contribution in [3.8, 4) is 22.6 Å². The Balaban J connectivity index is 1.88. The highest BCUT2D eigenvalue weighted by Gasteiger charge is 2.17. The Morgan fingerprint density at radius 3 is 2.63 bits per heavy atom. The Kier molecular flexibility index (Phi) is 5.09. The zero-order valence-corrected chi connectivity index (χ0v) is 16.0. The van der Waals surface area contributed by atoms with E-state index in [2.05, 4.69) is 34.7 Å². The molecule has 27 heavy (non-hydrogen) atoms. The highest BCUT2D eigenvalue weighted by Crippen LogP contribution is 2.38. The van der Waals surface area contributed by atoms with Crippen LogP contribution in [0.4, 0.5) is 5.82 Å². The van der Waals surface area contributed by atoms with E-state index >= 15 is 0 Å². The molecule has 0 unspecified atom stereocenters. The number of thiophene rings is 1. The summed E-state index contributed by atoms with van der Waals surface area (Å²) in [4.78, 5) is 14.9. The van der Waals surface area contributed by atoms with Gasteiger partial charge in [-0.2, -0.15) is 0 Å². The first-order valence-corrected chi connectivity index (χ1v) is 9.65. The van der Waals surface area contributed by atoms with Crippen molar-refractivity contribution in [2.45, 2.75) is 13.0 Å². The molecule has 1 atom stereocenters. The van der Waals surface area contributed by atoms with E-state index in [9.17, 15) is 0 Å². The van der Waals surface area contributed by atoms with E-state index in [1.807, 2.05) is 36.4 Å². The van der Waals surface area contributed by atoms with E-state index in [-0.39, 0.29) is 6.04 Å². The van der Waals surface area contributed by atoms with Crippen molar-refractivity contribution in [2.75, 3.05) is 19.0 Å². The number of hydrogen-bond donors (Lipinski definition) is 1. The van der Waals surface area contributed by atoms with Crippen LogP contribution in [0.2, 0.25) is 0 Å². The third-order valence-corrected chi connectivity index (χ3v) is 5.08. The largest absolute Gasteiger partial charge is 0.383 e. The molecule has 0 fully saturated rings. The van der Waals surface area contributed by atoms with E-state index in [0.717, 1.165) is 32.9 Å². The fraction of sp³-hybridized carbons (Fsp3) is 0.190. The lowest BCUT2D eigenvalue weighted by atomic mass is 10.1. The molecule has 0 aliphatic rings. The second-order valence-corrected chi connectivity index (χ2v) is 7.17. The number of benzene rings is 1. The normalized spacial score (nSPS) is 12.2. The minimum Gasteiger partial charge on any atom is -0.383 e. The molecule has 0 saturated heterocycles. The molecular formula is C21H20N4OS. The maximum Gasteiger partial charge on any atom is 0.181 e. The molecule has 0 radical (unpaired) electrons. The molecule has 0 bridgehead atoms. The zero-order valence-electron chi connectivity index (χ0n) is 15.2. The summed E-state index contributed by atoms with van der Waals surface area (Å²) < 4.78 is 5.28. The molecule has 3 aromatic heterocycles. The molecule has 3 heterocycles. The lowest BCUT2D eigenvalue weighted by molar-refractivity contribution is 0.190. The summed E-state index contributed by atoms with van der Waals surface area (Å²) in [5.74, 6) is 1.43. The zero-order chi connectivity index (χ0) is 18.6. The van der Waals surface area contributed by atoms with E-state index < -0.39 is 0 Å². The van der Waals surface area contributed by atoms with Crippen molar-refractivity contribution in [3.05, 3.63) is 60.1 Å². The fourth-order valence-corrected chi connectivity index (χ4v) is 3.96. The number of aromatic nitrogens is 3. The maximum absolute atomic E-state index is 5.28. The van der Waals surface area contributed by atoms with Gasteiger partial charge in [-0.15, -0.1) is 11.3 Å². The number of methoxy groups -OCH3 is 1. The van der Waals surface area contributed by atoms with Crippen molar-refractivity contribution in [1.29, 1.82) is 0 Å². The summed E-state index contributed by atoms with van der Waals surface area (Å²) in [5, 5.41) is 6.67. The first-order chi connectivity index (χ1) is 13.3. The molecule has 0 amide bonds. The highest BCUT2D eigenvalue weighted by molar-refractivity contribution is 7.17. The third-order valence-electron chi connectivity index (χ3n) is 4.21. The lowest BCUT2D eigenvalue weighted by Gasteiger charge is -2.16. The van der Waals surface area contributed by atoms with Gasteiger partial charge in [0.05, 0.1) is 12.0 Å². The van der Waals surface area contributed by atoms with Crippen molar-refractivity contribution in [1.82, 2.24) is 15.0 Å². The Morgan fingerprint density at radius 1 is 1.07 bits per heavy atom. The fourth-order valence-electron chi connectivity index (χ4n) is 3.01. The van der Waals surface area contributed by atoms with Gasteiger partial charge in [0.25, 0.3) is 0 Å². The molecule has 0 aliphatic heterocycles. The van der Waals surface area contributed by atoms with Crippen LogP contribution in [0.5, 0.6) is 0 Å². The summed E-state index contributed by atoms with van der Waals surface area (Å²) in [6.45, 7) is 2.67. The first-order valence-electron chi connectivity index (χ1n) is 8.78. The predicted octanol–water partition coefficient (Wildman–Crippen LogP) is 4.87. The number of hydrogen-bond acceptors (Lipinski definition) is 6. The summed E-state index contributed by atoms with van der Waals surface area (Å²) in [6.07, 6.45) is 1.76. The van der Waals surface area contributed by atoms with Crippen LogP contribution < -0.4 is 5.32 Å². The summed E-state index contributed by atoms with van der Waals surface area (Å²) in [7, 11) is 1.70.